The van der Waals surface area contributed by atoms with Gasteiger partial charge in [0.1, 0.15) is 18.7 Å². The number of nitrogens with zero attached hydrogens (tertiary/aromatic N) is 5. The number of carbonyl (C=O) groups excluding carboxylic acids is 9. The Morgan fingerprint density at radius 2 is 1.23 bits per heavy atom. The highest BCUT2D eigenvalue weighted by Crippen LogP contribution is 2.75. The molecule has 11 rings (SSSR count). The number of urea groups is 1. The van der Waals surface area contributed by atoms with Crippen LogP contribution in [0.5, 0.6) is 11.5 Å². The number of amides is 10. The Kier molecular flexibility index (Phi) is 30.5. The van der Waals surface area contributed by atoms with Gasteiger partial charge in [0, 0.05) is 124 Å². The Labute approximate surface area is 673 Å². The summed E-state index contributed by atoms with van der Waals surface area (Å²) in [5, 5.41) is 12.4. The molecule has 0 saturated heterocycles. The van der Waals surface area contributed by atoms with Gasteiger partial charge in [-0.05, 0) is 110 Å². The molecule has 5 heterocycles. The summed E-state index contributed by atoms with van der Waals surface area (Å²) in [4.78, 5) is 153. The lowest BCUT2D eigenvalue weighted by Crippen LogP contribution is -2.73. The smallest absolute Gasteiger partial charge is 0.445 e. The number of likely N-dealkylation sites (N-methyl/N-ethyl adjacent to an activating group) is 2. The number of imide groups is 1. The first kappa shape index (κ1) is 87.2. The molecule has 3 saturated carbocycles. The zero-order chi connectivity index (χ0) is 81.5. The molecule has 113 heavy (non-hydrogen) atoms. The third-order valence-electron chi connectivity index (χ3n) is 20.5. The van der Waals surface area contributed by atoms with Gasteiger partial charge < -0.3 is 99.0 Å². The second kappa shape index (κ2) is 39.5. The number of ether oxygens (including phenoxy) is 8. The average Bonchev–Trinajstić information content (AvgIpc) is 1.57. The molecule has 10 amide bonds. The zero-order valence-electron chi connectivity index (χ0n) is 64.2. The minimum atomic E-state index is -4.99. The number of halogens is 2. The number of benzene rings is 3. The number of phosphoric ester groups is 1. The molecule has 38 heteroatoms. The SMILES string of the molecule is CSC1=CC(=O)N(CCOCCOCCOCCOCCOCCOCCC(=O)NC(C(=O)NC(CCCNC(N)=O)C(=O)Nc2ccc(COC(=O)N(C)CCN(C)C(=S)Oc3cc4c(c5c(C)c[nH]c35)C(CCl)CN4C(=O)C34CC(C(=O)N5CC(CCl)c6c5cc(OP(=O)(O)O)c5[nH]cc(C)c65)(C3)C4)cc2)C(C)C)C1=O. The Hall–Kier alpha value is -8.16. The number of primary amides is 1. The summed E-state index contributed by atoms with van der Waals surface area (Å²) >= 11 is 20.3. The van der Waals surface area contributed by atoms with E-state index in [0.717, 1.165) is 32.5 Å². The molecular weight excluding hydrogens is 1570 g/mol. The van der Waals surface area contributed by atoms with Crippen molar-refractivity contribution in [3.63, 3.8) is 0 Å². The molecule has 2 bridgehead atoms. The maximum absolute atomic E-state index is 15.0. The maximum atomic E-state index is 15.0. The molecule has 33 nitrogen and oxygen atoms in total. The molecule has 3 aliphatic carbocycles. The van der Waals surface area contributed by atoms with Crippen molar-refractivity contribution in [1.82, 2.24) is 40.6 Å². The van der Waals surface area contributed by atoms with Gasteiger partial charge >= 0.3 is 19.9 Å². The van der Waals surface area contributed by atoms with Crippen LogP contribution in [0.4, 0.5) is 26.7 Å². The van der Waals surface area contributed by atoms with Gasteiger partial charge in [-0.15, -0.1) is 35.0 Å². The van der Waals surface area contributed by atoms with E-state index in [0.29, 0.717) is 128 Å². The predicted octanol–water partition coefficient (Wildman–Crippen LogP) is 6.93. The van der Waals surface area contributed by atoms with Crippen LogP contribution in [0.15, 0.2) is 59.8 Å². The number of aromatic amines is 2. The van der Waals surface area contributed by atoms with E-state index in [1.54, 1.807) is 85.4 Å². The topological polar surface area (TPSA) is 416 Å². The summed E-state index contributed by atoms with van der Waals surface area (Å²) in [5.41, 5.74) is 10.1. The van der Waals surface area contributed by atoms with Crippen LogP contribution in [0.1, 0.15) is 92.0 Å². The summed E-state index contributed by atoms with van der Waals surface area (Å²) in [5.74, 6) is -2.77. The lowest BCUT2D eigenvalue weighted by Gasteiger charge is -2.69. The molecule has 10 N–H and O–H groups in total. The molecular formula is C75H99Cl2N12O21PS2. The molecule has 5 aromatic rings. The van der Waals surface area contributed by atoms with Gasteiger partial charge in [-0.1, -0.05) is 26.0 Å². The summed E-state index contributed by atoms with van der Waals surface area (Å²) in [6.07, 6.45) is 7.23. The monoisotopic (exact) mass is 1670 g/mol. The molecule has 4 unspecified atom stereocenters. The number of phosphoric acid groups is 1. The summed E-state index contributed by atoms with van der Waals surface area (Å²) in [7, 11) is -1.70. The first-order chi connectivity index (χ1) is 54.0. The predicted molar refractivity (Wildman–Crippen MR) is 426 cm³/mol. The Morgan fingerprint density at radius 1 is 0.726 bits per heavy atom. The van der Waals surface area contributed by atoms with Crippen molar-refractivity contribution < 1.29 is 99.9 Å². The van der Waals surface area contributed by atoms with E-state index in [4.69, 9.17) is 83.6 Å². The van der Waals surface area contributed by atoms with Gasteiger partial charge in [0.2, 0.25) is 29.5 Å². The number of hydrogen-bond donors (Lipinski definition) is 9. The Bertz CT molecular complexity index is 4390. The van der Waals surface area contributed by atoms with E-state index in [2.05, 4.69) is 31.2 Å². The molecule has 3 aromatic carbocycles. The fourth-order valence-electron chi connectivity index (χ4n) is 14.8. The van der Waals surface area contributed by atoms with E-state index < -0.39 is 60.6 Å². The highest BCUT2D eigenvalue weighted by molar-refractivity contribution is 8.03. The van der Waals surface area contributed by atoms with Gasteiger partial charge in [0.15, 0.2) is 11.5 Å². The van der Waals surface area contributed by atoms with Crippen LogP contribution in [-0.4, -0.2) is 256 Å². The third kappa shape index (κ3) is 21.3. The van der Waals surface area contributed by atoms with Crippen LogP contribution < -0.4 is 46.1 Å². The van der Waals surface area contributed by atoms with Crippen molar-refractivity contribution >= 4 is 153 Å². The second-order valence-electron chi connectivity index (χ2n) is 28.9. The fourth-order valence-corrected chi connectivity index (χ4v) is 16.4. The van der Waals surface area contributed by atoms with Crippen molar-refractivity contribution in [2.24, 2.45) is 22.5 Å². The number of carbonyl (C=O) groups is 9. The number of thioether (sulfide) groups is 1. The number of fused-ring (bicyclic) bond motifs is 6. The molecule has 6 aliphatic rings. The highest BCUT2D eigenvalue weighted by Gasteiger charge is 2.76. The quantitative estimate of drug-likeness (QED) is 0.00627. The molecule has 3 fully saturated rings. The van der Waals surface area contributed by atoms with Crippen LogP contribution >= 0.6 is 55.0 Å². The molecule has 2 aromatic heterocycles. The van der Waals surface area contributed by atoms with Crippen molar-refractivity contribution in [3.8, 4) is 11.5 Å². The lowest BCUT2D eigenvalue weighted by atomic mass is 9.34. The minimum Gasteiger partial charge on any atom is -0.445 e. The third-order valence-corrected chi connectivity index (χ3v) is 22.8. The van der Waals surface area contributed by atoms with Gasteiger partial charge in [-0.25, -0.2) is 14.2 Å². The van der Waals surface area contributed by atoms with Gasteiger partial charge in [-0.2, -0.15) is 0 Å². The number of nitrogens with one attached hydrogen (secondary N) is 6. The fraction of sp³-hybridized carbons (Fsp3) is 0.547. The van der Waals surface area contributed by atoms with Crippen molar-refractivity contribution in [1.29, 1.82) is 0 Å². The minimum absolute atomic E-state index is 0.0533. The van der Waals surface area contributed by atoms with E-state index in [1.807, 2.05) is 20.0 Å². The Balaban J connectivity index is 0.623. The first-order valence-electron chi connectivity index (χ1n) is 37.2. The first-order valence-corrected chi connectivity index (χ1v) is 41.5. The average molecular weight is 1670 g/mol. The van der Waals surface area contributed by atoms with Gasteiger partial charge in [-0.3, -0.25) is 48.2 Å². The number of hydrogen-bond acceptors (Lipinski definition) is 21. The number of thiocarbonyl (C=S) groups is 1. The summed E-state index contributed by atoms with van der Waals surface area (Å²) in [6.45, 7) is 11.9. The van der Waals surface area contributed by atoms with Crippen LogP contribution in [0.3, 0.4) is 0 Å². The highest BCUT2D eigenvalue weighted by atomic mass is 35.5. The standard InChI is InChI=1S/C75H99Cl2N12O21PS2/c1-44(2)63(84-57(90)14-19-102-21-23-104-25-27-106-29-30-107-28-26-105-24-22-103-20-18-87-58(91)33-56(113-7)68(87)94)67(93)83-51(9-8-15-79-71(78)97)66(92)82-50-12-10-47(11-13-50)40-108-72(98)85(5)16-17-86(6)73(112)109-54-31-52-61(59-45(3)36-80-64(54)59)48(34-76)38-88(52)69(95)74-41-75(42-74,43-74)70(96)89-39-49(35-77)62-53(89)32-55(110-111(99,100)101)65-60(62)46(4)37-81-65/h10-13,31-33,36-37,44,48-49,51,63,80-81H,8-9,14-30,34-35,38-43H2,1-7H3,(H,82,92)(H,83,93)(H,84,90)(H3,78,79,97)(H2,99,100,101). The molecule has 616 valence electrons. The van der Waals surface area contributed by atoms with E-state index in [9.17, 15) is 52.7 Å². The van der Waals surface area contributed by atoms with E-state index in [1.165, 1.54) is 28.8 Å². The number of aryl methyl sites for hydroxylation is 2. The van der Waals surface area contributed by atoms with Crippen LogP contribution in [-0.2, 0) is 77.9 Å². The van der Waals surface area contributed by atoms with E-state index in [-0.39, 0.29) is 149 Å². The zero-order valence-corrected chi connectivity index (χ0v) is 68.2. The number of anilines is 3. The second-order valence-corrected chi connectivity index (χ2v) is 31.9. The number of nitrogens with two attached hydrogens (primary N) is 1. The maximum Gasteiger partial charge on any atom is 0.524 e. The Morgan fingerprint density at radius 3 is 1.73 bits per heavy atom. The molecule has 0 radical (unpaired) electrons. The summed E-state index contributed by atoms with van der Waals surface area (Å²) in [6, 6.07) is 6.95. The number of aromatic nitrogens is 2. The normalized spacial score (nSPS) is 18.7. The molecule has 0 spiro atoms. The summed E-state index contributed by atoms with van der Waals surface area (Å²) < 4.78 is 62.5. The van der Waals surface area contributed by atoms with Gasteiger partial charge in [0.05, 0.1) is 124 Å². The van der Waals surface area contributed by atoms with Crippen LogP contribution in [0.25, 0.3) is 21.8 Å². The number of rotatable bonds is 44. The van der Waals surface area contributed by atoms with Crippen molar-refractivity contribution in [2.75, 3.05) is 166 Å². The number of H-pyrrole nitrogens is 2. The van der Waals surface area contributed by atoms with Gasteiger partial charge in [0.25, 0.3) is 17.0 Å². The molecule has 3 aliphatic heterocycles. The van der Waals surface area contributed by atoms with Crippen molar-refractivity contribution in [3.05, 3.63) is 87.6 Å². The number of alkyl halides is 2. The van der Waals surface area contributed by atoms with E-state index >= 15 is 4.79 Å². The largest absolute Gasteiger partial charge is 0.524 e. The van der Waals surface area contributed by atoms with Crippen LogP contribution in [0, 0.1) is 30.6 Å². The van der Waals surface area contributed by atoms with Crippen molar-refractivity contribution in [2.45, 2.75) is 96.7 Å². The van der Waals surface area contributed by atoms with Crippen LogP contribution in [0.2, 0.25) is 0 Å². The molecule has 4 atom stereocenters. The lowest BCUT2D eigenvalue weighted by molar-refractivity contribution is -0.205.